The van der Waals surface area contributed by atoms with Crippen molar-refractivity contribution in [1.29, 1.82) is 5.26 Å². The van der Waals surface area contributed by atoms with Gasteiger partial charge in [0.25, 0.3) is 0 Å². The Labute approximate surface area is 61.7 Å². The van der Waals surface area contributed by atoms with E-state index in [1.165, 1.54) is 0 Å². The van der Waals surface area contributed by atoms with Crippen LogP contribution in [0.25, 0.3) is 0 Å². The van der Waals surface area contributed by atoms with Crippen LogP contribution in [0.5, 0.6) is 0 Å². The lowest BCUT2D eigenvalue weighted by atomic mass is 9.77. The fourth-order valence-corrected chi connectivity index (χ4v) is 0.977. The summed E-state index contributed by atoms with van der Waals surface area (Å²) in [5.41, 5.74) is -0.283. The summed E-state index contributed by atoms with van der Waals surface area (Å²) in [6.45, 7) is 4.01. The minimum absolute atomic E-state index is 0.283. The van der Waals surface area contributed by atoms with Gasteiger partial charge in [-0.2, -0.15) is 5.26 Å². The highest BCUT2D eigenvalue weighted by Gasteiger charge is 2.27. The van der Waals surface area contributed by atoms with Crippen LogP contribution >= 0.6 is 0 Å². The smallest absolute Gasteiger partial charge is 0.0788 e. The first-order valence-corrected chi connectivity index (χ1v) is 3.46. The summed E-state index contributed by atoms with van der Waals surface area (Å²) in [6, 6.07) is 2.29. The fourth-order valence-electron chi connectivity index (χ4n) is 0.977. The van der Waals surface area contributed by atoms with Gasteiger partial charge in [0.2, 0.25) is 0 Å². The normalized spacial score (nSPS) is 37.5. The van der Waals surface area contributed by atoms with Gasteiger partial charge in [0.1, 0.15) is 0 Å². The molecule has 52 valence electrons. The summed E-state index contributed by atoms with van der Waals surface area (Å²) in [7, 11) is 0. The number of hydrogen-bond acceptors (Lipinski definition) is 1. The highest BCUT2D eigenvalue weighted by atomic mass is 14.4. The second-order valence-electron chi connectivity index (χ2n) is 2.93. The van der Waals surface area contributed by atoms with Crippen LogP contribution in [0.4, 0.5) is 0 Å². The Balaban J connectivity index is 2.91. The molecule has 0 aromatic carbocycles. The van der Waals surface area contributed by atoms with Crippen molar-refractivity contribution in [3.05, 3.63) is 24.3 Å². The van der Waals surface area contributed by atoms with Gasteiger partial charge in [0.05, 0.1) is 11.5 Å². The molecular weight excluding hydrogens is 122 g/mol. The molecule has 0 amide bonds. The van der Waals surface area contributed by atoms with E-state index in [1.54, 1.807) is 0 Å². The van der Waals surface area contributed by atoms with Crippen LogP contribution in [0.1, 0.15) is 13.8 Å². The Morgan fingerprint density at radius 3 is 2.60 bits per heavy atom. The van der Waals surface area contributed by atoms with Crippen LogP contribution in [-0.4, -0.2) is 0 Å². The molecule has 2 atom stereocenters. The van der Waals surface area contributed by atoms with Crippen molar-refractivity contribution < 1.29 is 0 Å². The molecule has 1 nitrogen and oxygen atoms in total. The van der Waals surface area contributed by atoms with Crippen molar-refractivity contribution in [3.63, 3.8) is 0 Å². The Morgan fingerprint density at radius 2 is 2.20 bits per heavy atom. The minimum atomic E-state index is -0.283. The molecule has 2 unspecified atom stereocenters. The van der Waals surface area contributed by atoms with E-state index in [4.69, 9.17) is 5.26 Å². The molecule has 0 spiro atoms. The molecule has 1 aliphatic carbocycles. The molecule has 0 saturated carbocycles. The average Bonchev–Trinajstić information content (AvgIpc) is 1.96. The van der Waals surface area contributed by atoms with Crippen LogP contribution in [0.3, 0.4) is 0 Å². The first kappa shape index (κ1) is 7.08. The van der Waals surface area contributed by atoms with Crippen molar-refractivity contribution >= 4 is 0 Å². The minimum Gasteiger partial charge on any atom is -0.197 e. The molecule has 0 fully saturated rings. The van der Waals surface area contributed by atoms with Crippen LogP contribution in [0.15, 0.2) is 24.3 Å². The van der Waals surface area contributed by atoms with E-state index in [1.807, 2.05) is 25.2 Å². The Hall–Kier alpha value is -1.03. The maximum Gasteiger partial charge on any atom is 0.0788 e. The quantitative estimate of drug-likeness (QED) is 0.497. The molecule has 0 saturated heterocycles. The first-order chi connectivity index (χ1) is 4.69. The summed E-state index contributed by atoms with van der Waals surface area (Å²) in [5.74, 6) is 0.336. The summed E-state index contributed by atoms with van der Waals surface area (Å²) in [4.78, 5) is 0. The van der Waals surface area contributed by atoms with E-state index in [-0.39, 0.29) is 5.41 Å². The topological polar surface area (TPSA) is 23.8 Å². The van der Waals surface area contributed by atoms with Crippen LogP contribution in [0, 0.1) is 22.7 Å². The van der Waals surface area contributed by atoms with Crippen molar-refractivity contribution in [2.24, 2.45) is 11.3 Å². The van der Waals surface area contributed by atoms with Gasteiger partial charge in [0.15, 0.2) is 0 Å². The third-order valence-electron chi connectivity index (χ3n) is 2.14. The maximum atomic E-state index is 8.79. The lowest BCUT2D eigenvalue weighted by molar-refractivity contribution is 0.432. The van der Waals surface area contributed by atoms with E-state index in [2.05, 4.69) is 19.1 Å². The molecule has 1 heteroatoms. The van der Waals surface area contributed by atoms with Gasteiger partial charge >= 0.3 is 0 Å². The molecule has 0 heterocycles. The van der Waals surface area contributed by atoms with Crippen molar-refractivity contribution in [2.75, 3.05) is 0 Å². The van der Waals surface area contributed by atoms with Crippen molar-refractivity contribution in [3.8, 4) is 6.07 Å². The third kappa shape index (κ3) is 0.974. The van der Waals surface area contributed by atoms with Crippen LogP contribution in [0.2, 0.25) is 0 Å². The first-order valence-electron chi connectivity index (χ1n) is 3.46. The zero-order valence-electron chi connectivity index (χ0n) is 6.33. The van der Waals surface area contributed by atoms with Gasteiger partial charge < -0.3 is 0 Å². The van der Waals surface area contributed by atoms with Crippen LogP contribution < -0.4 is 0 Å². The van der Waals surface area contributed by atoms with Crippen molar-refractivity contribution in [1.82, 2.24) is 0 Å². The van der Waals surface area contributed by atoms with Gasteiger partial charge in [-0.3, -0.25) is 0 Å². The average molecular weight is 133 g/mol. The molecular formula is C9H11N. The number of hydrogen-bond donors (Lipinski definition) is 0. The zero-order chi connectivity index (χ0) is 7.61. The molecule has 0 N–H and O–H groups in total. The van der Waals surface area contributed by atoms with E-state index in [0.717, 1.165) is 0 Å². The lowest BCUT2D eigenvalue weighted by Gasteiger charge is -2.24. The second kappa shape index (κ2) is 2.30. The third-order valence-corrected chi connectivity index (χ3v) is 2.14. The van der Waals surface area contributed by atoms with Crippen molar-refractivity contribution in [2.45, 2.75) is 13.8 Å². The van der Waals surface area contributed by atoms with E-state index in [0.29, 0.717) is 5.92 Å². The lowest BCUT2D eigenvalue weighted by Crippen LogP contribution is -2.20. The highest BCUT2D eigenvalue weighted by molar-refractivity contribution is 5.24. The van der Waals surface area contributed by atoms with Crippen LogP contribution in [-0.2, 0) is 0 Å². The molecule has 0 aliphatic heterocycles. The van der Waals surface area contributed by atoms with E-state index >= 15 is 0 Å². The highest BCUT2D eigenvalue weighted by Crippen LogP contribution is 2.31. The summed E-state index contributed by atoms with van der Waals surface area (Å²) in [6.07, 6.45) is 7.94. The molecule has 0 bridgehead atoms. The van der Waals surface area contributed by atoms with Gasteiger partial charge in [-0.25, -0.2) is 0 Å². The fraction of sp³-hybridized carbons (Fsp3) is 0.444. The Kier molecular flexibility index (Phi) is 1.63. The van der Waals surface area contributed by atoms with Gasteiger partial charge in [-0.1, -0.05) is 31.2 Å². The molecule has 1 rings (SSSR count). The monoisotopic (exact) mass is 133 g/mol. The molecule has 0 radical (unpaired) electrons. The molecule has 0 aromatic heterocycles. The predicted molar refractivity (Wildman–Crippen MR) is 41.2 cm³/mol. The standard InChI is InChI=1S/C9H11N/c1-8-5-3-4-6-9(8,2)7-10/h3-6,8H,1-2H3. The number of nitrogens with zero attached hydrogens (tertiary/aromatic N) is 1. The molecule has 1 aliphatic rings. The van der Waals surface area contributed by atoms with Gasteiger partial charge in [0, 0.05) is 0 Å². The summed E-state index contributed by atoms with van der Waals surface area (Å²) in [5, 5.41) is 8.79. The van der Waals surface area contributed by atoms with Gasteiger partial charge in [-0.15, -0.1) is 0 Å². The van der Waals surface area contributed by atoms with Gasteiger partial charge in [-0.05, 0) is 12.8 Å². The Bertz CT molecular complexity index is 219. The maximum absolute atomic E-state index is 8.79. The second-order valence-corrected chi connectivity index (χ2v) is 2.93. The number of allylic oxidation sites excluding steroid dienone is 4. The predicted octanol–water partition coefficient (Wildman–Crippen LogP) is 2.28. The summed E-state index contributed by atoms with van der Waals surface area (Å²) >= 11 is 0. The molecule has 10 heavy (non-hydrogen) atoms. The van der Waals surface area contributed by atoms with E-state index < -0.39 is 0 Å². The van der Waals surface area contributed by atoms with E-state index in [9.17, 15) is 0 Å². The SMILES string of the molecule is CC1C=CC=CC1(C)C#N. The molecule has 0 aromatic rings. The largest absolute Gasteiger partial charge is 0.197 e. The summed E-state index contributed by atoms with van der Waals surface area (Å²) < 4.78 is 0. The number of nitriles is 1. The number of rotatable bonds is 0. The Morgan fingerprint density at radius 1 is 1.50 bits per heavy atom. The zero-order valence-corrected chi connectivity index (χ0v) is 6.33.